The number of carbonyl (C=O) groups excluding carboxylic acids is 1. The maximum atomic E-state index is 11.8. The minimum Gasteiger partial charge on any atom is -0.383 e. The van der Waals surface area contributed by atoms with Gasteiger partial charge in [0.2, 0.25) is 5.91 Å². The average molecular weight is 230 g/mol. The molecular weight excluding hydrogens is 204 g/mol. The molecule has 0 saturated carbocycles. The van der Waals surface area contributed by atoms with Crippen LogP contribution in [0.2, 0.25) is 0 Å². The topological polar surface area (TPSA) is 50.4 Å². The van der Waals surface area contributed by atoms with E-state index in [4.69, 9.17) is 4.74 Å². The summed E-state index contributed by atoms with van der Waals surface area (Å²) >= 11 is 0. The Kier molecular flexibility index (Phi) is 6.60. The Morgan fingerprint density at radius 3 is 2.38 bits per heavy atom. The van der Waals surface area contributed by atoms with E-state index in [1.54, 1.807) is 7.11 Å². The quantitative estimate of drug-likeness (QED) is 0.693. The lowest BCUT2D eigenvalue weighted by Crippen LogP contribution is -2.52. The van der Waals surface area contributed by atoms with Crippen LogP contribution in [0.5, 0.6) is 0 Å². The first-order valence-electron chi connectivity index (χ1n) is 5.89. The fourth-order valence-corrected chi connectivity index (χ4v) is 1.33. The van der Waals surface area contributed by atoms with Crippen LogP contribution >= 0.6 is 0 Å². The lowest BCUT2D eigenvalue weighted by molar-refractivity contribution is -0.124. The van der Waals surface area contributed by atoms with Crippen LogP contribution in [0.15, 0.2) is 0 Å². The standard InChI is InChI=1S/C12H26N2O2/c1-7-12(4,5)14-11(15)10(3)13-9(2)8-16-6/h9-10,13H,7-8H2,1-6H3,(H,14,15). The number of rotatable bonds is 7. The largest absolute Gasteiger partial charge is 0.383 e. The van der Waals surface area contributed by atoms with Gasteiger partial charge < -0.3 is 15.4 Å². The monoisotopic (exact) mass is 230 g/mol. The summed E-state index contributed by atoms with van der Waals surface area (Å²) in [6.45, 7) is 10.6. The first-order chi connectivity index (χ1) is 7.32. The average Bonchev–Trinajstić information content (AvgIpc) is 2.17. The van der Waals surface area contributed by atoms with Crippen LogP contribution < -0.4 is 10.6 Å². The maximum Gasteiger partial charge on any atom is 0.237 e. The van der Waals surface area contributed by atoms with Crippen LogP contribution in [0.3, 0.4) is 0 Å². The highest BCUT2D eigenvalue weighted by Crippen LogP contribution is 2.07. The van der Waals surface area contributed by atoms with Crippen LogP contribution in [0, 0.1) is 0 Å². The number of hydrogen-bond acceptors (Lipinski definition) is 3. The molecule has 0 aromatic rings. The molecule has 0 aromatic heterocycles. The van der Waals surface area contributed by atoms with Crippen LogP contribution in [-0.4, -0.2) is 37.2 Å². The minimum atomic E-state index is -0.198. The second-order valence-electron chi connectivity index (χ2n) is 4.97. The molecule has 4 nitrogen and oxygen atoms in total. The highest BCUT2D eigenvalue weighted by Gasteiger charge is 2.22. The van der Waals surface area contributed by atoms with Crippen molar-refractivity contribution < 1.29 is 9.53 Å². The van der Waals surface area contributed by atoms with Gasteiger partial charge in [0.15, 0.2) is 0 Å². The van der Waals surface area contributed by atoms with Gasteiger partial charge in [-0.1, -0.05) is 6.92 Å². The van der Waals surface area contributed by atoms with E-state index in [1.165, 1.54) is 0 Å². The summed E-state index contributed by atoms with van der Waals surface area (Å²) in [7, 11) is 1.66. The second-order valence-corrected chi connectivity index (χ2v) is 4.97. The van der Waals surface area contributed by atoms with Gasteiger partial charge in [0.1, 0.15) is 0 Å². The van der Waals surface area contributed by atoms with Crippen molar-refractivity contribution in [2.45, 2.75) is 58.7 Å². The first-order valence-corrected chi connectivity index (χ1v) is 5.89. The number of hydrogen-bond donors (Lipinski definition) is 2. The molecule has 0 aliphatic carbocycles. The van der Waals surface area contributed by atoms with E-state index in [9.17, 15) is 4.79 Å². The van der Waals surface area contributed by atoms with Crippen molar-refractivity contribution in [3.05, 3.63) is 0 Å². The zero-order valence-electron chi connectivity index (χ0n) is 11.4. The lowest BCUT2D eigenvalue weighted by atomic mass is 10.0. The second kappa shape index (κ2) is 6.86. The Hall–Kier alpha value is -0.610. The number of nitrogens with one attached hydrogen (secondary N) is 2. The van der Waals surface area contributed by atoms with Crippen molar-refractivity contribution >= 4 is 5.91 Å². The summed E-state index contributed by atoms with van der Waals surface area (Å²) in [4.78, 5) is 11.8. The summed E-state index contributed by atoms with van der Waals surface area (Å²) in [5.74, 6) is 0.0369. The molecule has 0 rings (SSSR count). The van der Waals surface area contributed by atoms with Crippen molar-refractivity contribution in [2.75, 3.05) is 13.7 Å². The fourth-order valence-electron chi connectivity index (χ4n) is 1.33. The minimum absolute atomic E-state index is 0.0369. The highest BCUT2D eigenvalue weighted by atomic mass is 16.5. The van der Waals surface area contributed by atoms with Crippen molar-refractivity contribution in [3.8, 4) is 0 Å². The predicted octanol–water partition coefficient (Wildman–Crippen LogP) is 1.30. The van der Waals surface area contributed by atoms with Gasteiger partial charge in [-0.2, -0.15) is 0 Å². The van der Waals surface area contributed by atoms with Gasteiger partial charge in [-0.3, -0.25) is 4.79 Å². The molecule has 2 unspecified atom stereocenters. The Morgan fingerprint density at radius 2 is 1.94 bits per heavy atom. The van der Waals surface area contributed by atoms with Crippen molar-refractivity contribution in [2.24, 2.45) is 0 Å². The maximum absolute atomic E-state index is 11.8. The number of amides is 1. The summed E-state index contributed by atoms with van der Waals surface area (Å²) in [6.07, 6.45) is 0.916. The smallest absolute Gasteiger partial charge is 0.237 e. The van der Waals surface area contributed by atoms with Crippen LogP contribution in [0.4, 0.5) is 0 Å². The Labute approximate surface area is 99.1 Å². The van der Waals surface area contributed by atoms with Gasteiger partial charge in [-0.15, -0.1) is 0 Å². The van der Waals surface area contributed by atoms with Crippen LogP contribution in [-0.2, 0) is 9.53 Å². The predicted molar refractivity (Wildman–Crippen MR) is 66.4 cm³/mol. The van der Waals surface area contributed by atoms with Crippen molar-refractivity contribution in [1.29, 1.82) is 0 Å². The van der Waals surface area contributed by atoms with Crippen LogP contribution in [0.1, 0.15) is 41.0 Å². The third-order valence-electron chi connectivity index (χ3n) is 2.69. The SMILES string of the molecule is CCC(C)(C)NC(=O)C(C)NC(C)COC. The molecule has 2 atom stereocenters. The molecule has 0 fully saturated rings. The Bertz CT molecular complexity index is 217. The number of ether oxygens (including phenoxy) is 1. The number of methoxy groups -OCH3 is 1. The molecule has 0 aromatic carbocycles. The zero-order chi connectivity index (χ0) is 12.8. The molecule has 16 heavy (non-hydrogen) atoms. The van der Waals surface area contributed by atoms with Gasteiger partial charge in [0, 0.05) is 18.7 Å². The molecule has 4 heteroatoms. The van der Waals surface area contributed by atoms with Gasteiger partial charge >= 0.3 is 0 Å². The first kappa shape index (κ1) is 15.4. The van der Waals surface area contributed by atoms with E-state index in [2.05, 4.69) is 17.6 Å². The molecule has 0 bridgehead atoms. The molecule has 0 spiro atoms. The Morgan fingerprint density at radius 1 is 1.38 bits per heavy atom. The molecule has 0 radical (unpaired) electrons. The Balaban J connectivity index is 4.09. The third-order valence-corrected chi connectivity index (χ3v) is 2.69. The van der Waals surface area contributed by atoms with Gasteiger partial charge in [0.25, 0.3) is 0 Å². The zero-order valence-corrected chi connectivity index (χ0v) is 11.4. The van der Waals surface area contributed by atoms with Crippen molar-refractivity contribution in [1.82, 2.24) is 10.6 Å². The summed E-state index contributed by atoms with van der Waals surface area (Å²) in [6, 6.07) is -0.0218. The van der Waals surface area contributed by atoms with Crippen LogP contribution in [0.25, 0.3) is 0 Å². The molecule has 1 amide bonds. The number of carbonyl (C=O) groups is 1. The molecule has 0 heterocycles. The molecule has 0 aliphatic rings. The van der Waals surface area contributed by atoms with E-state index in [1.807, 2.05) is 27.7 Å². The molecule has 0 saturated heterocycles. The molecule has 2 N–H and O–H groups in total. The van der Waals surface area contributed by atoms with E-state index >= 15 is 0 Å². The summed E-state index contributed by atoms with van der Waals surface area (Å²) in [5.41, 5.74) is -0.141. The normalized spacial score (nSPS) is 15.6. The molecule has 96 valence electrons. The van der Waals surface area contributed by atoms with Gasteiger partial charge in [0.05, 0.1) is 12.6 Å². The third kappa shape index (κ3) is 6.08. The van der Waals surface area contributed by atoms with E-state index in [-0.39, 0.29) is 23.5 Å². The van der Waals surface area contributed by atoms with Gasteiger partial charge in [-0.25, -0.2) is 0 Å². The lowest BCUT2D eigenvalue weighted by Gasteiger charge is -2.27. The summed E-state index contributed by atoms with van der Waals surface area (Å²) in [5, 5.41) is 6.20. The van der Waals surface area contributed by atoms with E-state index in [0.717, 1.165) is 6.42 Å². The van der Waals surface area contributed by atoms with Crippen molar-refractivity contribution in [3.63, 3.8) is 0 Å². The van der Waals surface area contributed by atoms with E-state index < -0.39 is 0 Å². The molecular formula is C12H26N2O2. The summed E-state index contributed by atoms with van der Waals surface area (Å²) < 4.78 is 5.01. The van der Waals surface area contributed by atoms with Gasteiger partial charge in [-0.05, 0) is 34.1 Å². The fraction of sp³-hybridized carbons (Fsp3) is 0.917. The van der Waals surface area contributed by atoms with E-state index in [0.29, 0.717) is 6.61 Å². The highest BCUT2D eigenvalue weighted by molar-refractivity contribution is 5.82. The molecule has 0 aliphatic heterocycles.